The zero-order valence-electron chi connectivity index (χ0n) is 13.7. The van der Waals surface area contributed by atoms with Crippen LogP contribution in [0.1, 0.15) is 64.7 Å². The molecule has 1 rings (SSSR count). The first-order valence-electron chi connectivity index (χ1n) is 8.52. The monoisotopic (exact) mass is 307 g/mol. The summed E-state index contributed by atoms with van der Waals surface area (Å²) >= 11 is 0. The summed E-state index contributed by atoms with van der Waals surface area (Å²) in [6.07, 6.45) is 17.8. The summed E-state index contributed by atoms with van der Waals surface area (Å²) in [5.74, 6) is -0.535. The fraction of sp³-hybridized carbons (Fsp3) is 0.667. The number of carbonyl (C=O) groups is 2. The molecule has 0 saturated carbocycles. The molecule has 0 radical (unpaired) electrons. The fourth-order valence-corrected chi connectivity index (χ4v) is 2.31. The summed E-state index contributed by atoms with van der Waals surface area (Å²) < 4.78 is 4.79. The van der Waals surface area contributed by atoms with E-state index in [0.29, 0.717) is 13.0 Å². The van der Waals surface area contributed by atoms with Gasteiger partial charge in [0.25, 0.3) is 0 Å². The van der Waals surface area contributed by atoms with Crippen molar-refractivity contribution in [1.29, 1.82) is 0 Å². The third kappa shape index (κ3) is 8.65. The maximum absolute atomic E-state index is 11.6. The first kappa shape index (κ1) is 18.5. The van der Waals surface area contributed by atoms with Crippen molar-refractivity contribution in [3.63, 3.8) is 0 Å². The number of esters is 1. The molecule has 0 bridgehead atoms. The Morgan fingerprint density at radius 3 is 2.36 bits per heavy atom. The molecule has 1 fully saturated rings. The molecule has 0 aromatic heterocycles. The van der Waals surface area contributed by atoms with Crippen LogP contribution in [-0.4, -0.2) is 24.5 Å². The van der Waals surface area contributed by atoms with Gasteiger partial charge in [0, 0.05) is 6.42 Å². The van der Waals surface area contributed by atoms with Crippen LogP contribution in [0.3, 0.4) is 0 Å². The minimum Gasteiger partial charge on any atom is -0.464 e. The van der Waals surface area contributed by atoms with Crippen LogP contribution in [0, 0.1) is 0 Å². The molecule has 1 unspecified atom stereocenters. The maximum Gasteiger partial charge on any atom is 0.328 e. The number of cyclic esters (lactones) is 1. The molecule has 124 valence electrons. The smallest absolute Gasteiger partial charge is 0.328 e. The normalized spacial score (nSPS) is 18.2. The maximum atomic E-state index is 11.6. The first-order chi connectivity index (χ1) is 10.7. The van der Waals surface area contributed by atoms with Gasteiger partial charge >= 0.3 is 5.97 Å². The van der Waals surface area contributed by atoms with Crippen LogP contribution >= 0.6 is 0 Å². The predicted octanol–water partition coefficient (Wildman–Crippen LogP) is 3.67. The molecular formula is C18H29NO3. The lowest BCUT2D eigenvalue weighted by atomic mass is 10.1. The van der Waals surface area contributed by atoms with Crippen LogP contribution < -0.4 is 5.32 Å². The molecule has 4 nitrogen and oxygen atoms in total. The Morgan fingerprint density at radius 2 is 1.77 bits per heavy atom. The van der Waals surface area contributed by atoms with Crippen LogP contribution in [0.15, 0.2) is 24.3 Å². The summed E-state index contributed by atoms with van der Waals surface area (Å²) in [4.78, 5) is 22.8. The lowest BCUT2D eigenvalue weighted by Crippen LogP contribution is -2.36. The van der Waals surface area contributed by atoms with Gasteiger partial charge in [-0.1, -0.05) is 38.0 Å². The third-order valence-electron chi connectivity index (χ3n) is 3.65. The molecule has 0 aliphatic carbocycles. The van der Waals surface area contributed by atoms with Gasteiger partial charge < -0.3 is 10.1 Å². The quantitative estimate of drug-likeness (QED) is 0.274. The molecule has 1 N–H and O–H groups in total. The van der Waals surface area contributed by atoms with Gasteiger partial charge in [-0.15, -0.1) is 0 Å². The molecule has 22 heavy (non-hydrogen) atoms. The minimum atomic E-state index is -0.463. The molecule has 1 amide bonds. The lowest BCUT2D eigenvalue weighted by molar-refractivity contribution is -0.140. The van der Waals surface area contributed by atoms with E-state index in [-0.39, 0.29) is 11.9 Å². The topological polar surface area (TPSA) is 55.4 Å². The number of hydrogen-bond donors (Lipinski definition) is 1. The van der Waals surface area contributed by atoms with E-state index in [1.807, 2.05) is 6.08 Å². The summed E-state index contributed by atoms with van der Waals surface area (Å²) in [5.41, 5.74) is 0. The Kier molecular flexibility index (Phi) is 10.1. The molecule has 1 aliphatic rings. The summed E-state index contributed by atoms with van der Waals surface area (Å²) in [7, 11) is 0. The van der Waals surface area contributed by atoms with E-state index in [0.717, 1.165) is 25.7 Å². The largest absolute Gasteiger partial charge is 0.464 e. The van der Waals surface area contributed by atoms with Gasteiger partial charge in [-0.2, -0.15) is 0 Å². The first-order valence-corrected chi connectivity index (χ1v) is 8.52. The number of nitrogens with one attached hydrogen (secondary N) is 1. The molecule has 1 aliphatic heterocycles. The van der Waals surface area contributed by atoms with Crippen molar-refractivity contribution in [3.05, 3.63) is 24.3 Å². The van der Waals surface area contributed by atoms with Crippen LogP contribution in [-0.2, 0) is 14.3 Å². The van der Waals surface area contributed by atoms with Crippen molar-refractivity contribution in [2.45, 2.75) is 70.8 Å². The highest BCUT2D eigenvalue weighted by molar-refractivity contribution is 5.91. The van der Waals surface area contributed by atoms with Crippen molar-refractivity contribution in [2.75, 3.05) is 6.61 Å². The molecule has 1 atom stereocenters. The van der Waals surface area contributed by atoms with E-state index in [1.165, 1.54) is 31.8 Å². The van der Waals surface area contributed by atoms with Gasteiger partial charge in [-0.05, 0) is 44.6 Å². The van der Waals surface area contributed by atoms with Crippen LogP contribution in [0.5, 0.6) is 0 Å². The highest BCUT2D eigenvalue weighted by Crippen LogP contribution is 2.06. The summed E-state index contributed by atoms with van der Waals surface area (Å²) in [6.45, 7) is 2.62. The number of amides is 1. The molecular weight excluding hydrogens is 278 g/mol. The van der Waals surface area contributed by atoms with Gasteiger partial charge in [0.15, 0.2) is 0 Å². The van der Waals surface area contributed by atoms with E-state index < -0.39 is 6.04 Å². The van der Waals surface area contributed by atoms with Crippen molar-refractivity contribution >= 4 is 11.9 Å². The lowest BCUT2D eigenvalue weighted by Gasteiger charge is -2.05. The molecule has 0 spiro atoms. The van der Waals surface area contributed by atoms with Crippen molar-refractivity contribution in [3.8, 4) is 0 Å². The van der Waals surface area contributed by atoms with E-state index in [4.69, 9.17) is 4.74 Å². The average molecular weight is 307 g/mol. The van der Waals surface area contributed by atoms with Crippen molar-refractivity contribution < 1.29 is 14.3 Å². The number of ether oxygens (including phenoxy) is 1. The van der Waals surface area contributed by atoms with Crippen LogP contribution in [0.4, 0.5) is 0 Å². The Bertz CT molecular complexity index is 388. The average Bonchev–Trinajstić information content (AvgIpc) is 2.90. The second-order valence-corrected chi connectivity index (χ2v) is 5.67. The standard InChI is InChI=1S/C18H29NO3/c1-2-3-4-5-6-7-8-9-10-11-12-13-17(20)19-16-14-15-22-18(16)21/h6-7,12-13,16H,2-5,8-11,14-15H2,1H3,(H,19,20). The van der Waals surface area contributed by atoms with E-state index in [9.17, 15) is 9.59 Å². The number of rotatable bonds is 11. The molecule has 1 heterocycles. The number of hydrogen-bond acceptors (Lipinski definition) is 3. The molecule has 0 aromatic carbocycles. The van der Waals surface area contributed by atoms with Gasteiger partial charge in [0.05, 0.1) is 6.61 Å². The van der Waals surface area contributed by atoms with Crippen molar-refractivity contribution in [2.24, 2.45) is 0 Å². The SMILES string of the molecule is CCCCCC=CCCCCC=CC(=O)NC1CCOC1=O. The van der Waals surface area contributed by atoms with Gasteiger partial charge in [0.2, 0.25) is 5.91 Å². The third-order valence-corrected chi connectivity index (χ3v) is 3.65. The van der Waals surface area contributed by atoms with Crippen LogP contribution in [0.2, 0.25) is 0 Å². The Morgan fingerprint density at radius 1 is 1.14 bits per heavy atom. The van der Waals surface area contributed by atoms with Gasteiger partial charge in [0.1, 0.15) is 6.04 Å². The Labute approximate surface area is 134 Å². The number of unbranched alkanes of at least 4 members (excludes halogenated alkanes) is 6. The molecule has 0 aromatic rings. The van der Waals surface area contributed by atoms with Gasteiger partial charge in [-0.25, -0.2) is 4.79 Å². The number of carbonyl (C=O) groups excluding carboxylic acids is 2. The zero-order chi connectivity index (χ0) is 16.0. The fourth-order valence-electron chi connectivity index (χ4n) is 2.31. The second kappa shape index (κ2) is 12.0. The predicted molar refractivity (Wildman–Crippen MR) is 88.4 cm³/mol. The number of allylic oxidation sites excluding steroid dienone is 3. The highest BCUT2D eigenvalue weighted by atomic mass is 16.5. The van der Waals surface area contributed by atoms with E-state index in [2.05, 4.69) is 24.4 Å². The van der Waals surface area contributed by atoms with Gasteiger partial charge in [-0.3, -0.25) is 4.79 Å². The van der Waals surface area contributed by atoms with E-state index in [1.54, 1.807) is 0 Å². The van der Waals surface area contributed by atoms with E-state index >= 15 is 0 Å². The molecule has 1 saturated heterocycles. The second-order valence-electron chi connectivity index (χ2n) is 5.67. The highest BCUT2D eigenvalue weighted by Gasteiger charge is 2.26. The summed E-state index contributed by atoms with van der Waals surface area (Å²) in [6, 6.07) is -0.463. The Hall–Kier alpha value is -1.58. The van der Waals surface area contributed by atoms with Crippen molar-refractivity contribution in [1.82, 2.24) is 5.32 Å². The summed E-state index contributed by atoms with van der Waals surface area (Å²) in [5, 5.41) is 2.65. The Balaban J connectivity index is 1.97. The zero-order valence-corrected chi connectivity index (χ0v) is 13.7. The van der Waals surface area contributed by atoms with Crippen LogP contribution in [0.25, 0.3) is 0 Å². The molecule has 4 heteroatoms. The minimum absolute atomic E-state index is 0.209.